The molecule has 0 aromatic heterocycles. The molecule has 0 fully saturated rings. The van der Waals surface area contributed by atoms with Crippen molar-refractivity contribution in [1.29, 1.82) is 0 Å². The second-order valence-corrected chi connectivity index (χ2v) is 6.02. The maximum absolute atomic E-state index is 13.1. The lowest BCUT2D eigenvalue weighted by Crippen LogP contribution is -2.47. The van der Waals surface area contributed by atoms with Gasteiger partial charge in [-0.1, -0.05) is 0 Å². The number of anilines is 2. The predicted octanol–water partition coefficient (Wildman–Crippen LogP) is 3.53. The van der Waals surface area contributed by atoms with Crippen molar-refractivity contribution in [2.75, 3.05) is 11.1 Å². The van der Waals surface area contributed by atoms with Gasteiger partial charge in [-0.05, 0) is 46.3 Å². The molecule has 0 radical (unpaired) electrons. The van der Waals surface area contributed by atoms with Gasteiger partial charge >= 0.3 is 6.18 Å². The van der Waals surface area contributed by atoms with Gasteiger partial charge in [0, 0.05) is 17.3 Å². The lowest BCUT2D eigenvalue weighted by atomic mass is 9.95. The van der Waals surface area contributed by atoms with E-state index in [4.69, 9.17) is 10.5 Å². The Bertz CT molecular complexity index is 824. The summed E-state index contributed by atoms with van der Waals surface area (Å²) in [6.45, 7) is 0. The monoisotopic (exact) mass is 402 g/mol. The van der Waals surface area contributed by atoms with Crippen molar-refractivity contribution in [2.45, 2.75) is 11.8 Å². The maximum Gasteiger partial charge on any atom is 0.430 e. The number of aliphatic hydroxyl groups is 1. The quantitative estimate of drug-likeness (QED) is 0.670. The van der Waals surface area contributed by atoms with Crippen molar-refractivity contribution >= 4 is 33.2 Å². The van der Waals surface area contributed by atoms with Gasteiger partial charge in [-0.25, -0.2) is 0 Å². The molecule has 0 saturated carbocycles. The van der Waals surface area contributed by atoms with Crippen LogP contribution < -0.4 is 15.8 Å². The Balaban J connectivity index is 2.02. The third-order valence-electron chi connectivity index (χ3n) is 3.56. The van der Waals surface area contributed by atoms with Gasteiger partial charge in [-0.3, -0.25) is 4.79 Å². The van der Waals surface area contributed by atoms with E-state index < -0.39 is 23.2 Å². The third-order valence-corrected chi connectivity index (χ3v) is 4.18. The number of carbonyl (C=O) groups excluding carboxylic acids is 1. The van der Waals surface area contributed by atoms with E-state index in [2.05, 4.69) is 15.9 Å². The van der Waals surface area contributed by atoms with Gasteiger partial charge in [0.2, 0.25) is 0 Å². The summed E-state index contributed by atoms with van der Waals surface area (Å²) in [6, 6.07) is 8.57. The highest BCUT2D eigenvalue weighted by Crippen LogP contribution is 2.49. The Morgan fingerprint density at radius 2 is 1.83 bits per heavy atom. The molecule has 1 amide bonds. The van der Waals surface area contributed by atoms with E-state index in [9.17, 15) is 23.1 Å². The number of fused-ring (bicyclic) bond motifs is 1. The van der Waals surface area contributed by atoms with E-state index in [1.54, 1.807) is 24.3 Å². The minimum Gasteiger partial charge on any atom is -0.456 e. The molecule has 24 heavy (non-hydrogen) atoms. The zero-order chi connectivity index (χ0) is 17.7. The van der Waals surface area contributed by atoms with Crippen LogP contribution in [0.3, 0.4) is 0 Å². The minimum absolute atomic E-state index is 0.150. The molecule has 0 saturated heterocycles. The first kappa shape index (κ1) is 16.6. The molecule has 1 aliphatic rings. The topological polar surface area (TPSA) is 84.6 Å². The number of benzene rings is 2. The third kappa shape index (κ3) is 2.49. The van der Waals surface area contributed by atoms with Crippen molar-refractivity contribution in [3.8, 4) is 11.5 Å². The average Bonchev–Trinajstić information content (AvgIpc) is 2.74. The second kappa shape index (κ2) is 5.38. The number of nitrogen functional groups attached to an aromatic ring is 1. The van der Waals surface area contributed by atoms with E-state index >= 15 is 0 Å². The van der Waals surface area contributed by atoms with E-state index in [0.717, 1.165) is 6.07 Å². The second-order valence-electron chi connectivity index (χ2n) is 5.16. The first-order valence-electron chi connectivity index (χ1n) is 6.61. The van der Waals surface area contributed by atoms with E-state index in [1.165, 1.54) is 6.07 Å². The molecular weight excluding hydrogens is 393 g/mol. The van der Waals surface area contributed by atoms with Crippen molar-refractivity contribution in [3.63, 3.8) is 0 Å². The summed E-state index contributed by atoms with van der Waals surface area (Å²) in [4.78, 5) is 11.7. The molecule has 1 unspecified atom stereocenters. The normalized spacial score (nSPS) is 19.8. The molecule has 0 aliphatic carbocycles. The summed E-state index contributed by atoms with van der Waals surface area (Å²) in [7, 11) is 0. The fourth-order valence-electron chi connectivity index (χ4n) is 2.31. The first-order valence-corrected chi connectivity index (χ1v) is 7.40. The summed E-state index contributed by atoms with van der Waals surface area (Å²) >= 11 is 3.09. The van der Waals surface area contributed by atoms with Crippen LogP contribution in [0.5, 0.6) is 11.5 Å². The molecule has 0 bridgehead atoms. The Labute approximate surface area is 142 Å². The Morgan fingerprint density at radius 1 is 1.21 bits per heavy atom. The van der Waals surface area contributed by atoms with Crippen LogP contribution in [-0.2, 0) is 10.4 Å². The number of amides is 1. The zero-order valence-corrected chi connectivity index (χ0v) is 13.4. The van der Waals surface area contributed by atoms with Crippen molar-refractivity contribution < 1.29 is 27.8 Å². The molecule has 3 rings (SSSR count). The molecule has 0 spiro atoms. The molecule has 4 N–H and O–H groups in total. The number of carbonyl (C=O) groups is 1. The van der Waals surface area contributed by atoms with Crippen LogP contribution >= 0.6 is 15.9 Å². The fraction of sp³-hybridized carbons (Fsp3) is 0.133. The fourth-order valence-corrected chi connectivity index (χ4v) is 2.74. The number of nitrogens with two attached hydrogens (primary N) is 1. The summed E-state index contributed by atoms with van der Waals surface area (Å²) in [6.07, 6.45) is -5.15. The smallest absolute Gasteiger partial charge is 0.430 e. The number of hydrogen-bond donors (Lipinski definition) is 3. The van der Waals surface area contributed by atoms with E-state index in [-0.39, 0.29) is 15.9 Å². The molecule has 1 heterocycles. The van der Waals surface area contributed by atoms with Gasteiger partial charge in [0.25, 0.3) is 11.5 Å². The lowest BCUT2D eigenvalue weighted by molar-refractivity contribution is -0.252. The molecule has 126 valence electrons. The largest absolute Gasteiger partial charge is 0.456 e. The highest BCUT2D eigenvalue weighted by Gasteiger charge is 2.64. The van der Waals surface area contributed by atoms with Crippen molar-refractivity contribution in [3.05, 3.63) is 46.4 Å². The average molecular weight is 403 g/mol. The first-order chi connectivity index (χ1) is 11.1. The number of rotatable bonds is 2. The zero-order valence-electron chi connectivity index (χ0n) is 11.8. The molecule has 2 aromatic rings. The molecule has 1 atom stereocenters. The molecule has 5 nitrogen and oxygen atoms in total. The number of nitrogens with one attached hydrogen (secondary N) is 1. The van der Waals surface area contributed by atoms with Crippen LogP contribution in [0.2, 0.25) is 0 Å². The molecule has 9 heteroatoms. The lowest BCUT2D eigenvalue weighted by Gasteiger charge is -2.24. The highest BCUT2D eigenvalue weighted by atomic mass is 79.9. The summed E-state index contributed by atoms with van der Waals surface area (Å²) in [5.41, 5.74) is 1.74. The maximum atomic E-state index is 13.1. The Morgan fingerprint density at radius 3 is 2.42 bits per heavy atom. The minimum atomic E-state index is -5.15. The summed E-state index contributed by atoms with van der Waals surface area (Å²) in [5, 5.41) is 11.9. The van der Waals surface area contributed by atoms with Crippen LogP contribution in [0.1, 0.15) is 5.56 Å². The van der Waals surface area contributed by atoms with Gasteiger partial charge in [-0.15, -0.1) is 0 Å². The summed E-state index contributed by atoms with van der Waals surface area (Å²) in [5.74, 6) is -0.980. The van der Waals surface area contributed by atoms with E-state index in [1.807, 2.05) is 5.32 Å². The van der Waals surface area contributed by atoms with Gasteiger partial charge in [0.15, 0.2) is 0 Å². The van der Waals surface area contributed by atoms with Gasteiger partial charge < -0.3 is 20.9 Å². The highest BCUT2D eigenvalue weighted by molar-refractivity contribution is 9.10. The van der Waals surface area contributed by atoms with E-state index in [0.29, 0.717) is 11.4 Å². The molecule has 2 aromatic carbocycles. The van der Waals surface area contributed by atoms with Gasteiger partial charge in [0.05, 0.1) is 10.2 Å². The molecular formula is C15H10BrF3N2O3. The number of halogens is 4. The van der Waals surface area contributed by atoms with Gasteiger partial charge in [0.1, 0.15) is 11.5 Å². The number of hydrogen-bond acceptors (Lipinski definition) is 4. The SMILES string of the molecule is Nc1ccc(Oc2cc3c(cc2Br)C(O)(C(F)(F)F)C(=O)N3)cc1. The van der Waals surface area contributed by atoms with Crippen molar-refractivity contribution in [2.24, 2.45) is 0 Å². The van der Waals surface area contributed by atoms with Crippen molar-refractivity contribution in [1.82, 2.24) is 0 Å². The Kier molecular flexibility index (Phi) is 3.72. The standard InChI is InChI=1S/C15H10BrF3N2O3/c16-10-5-9-11(21-13(22)14(9,23)15(17,18)19)6-12(10)24-8-3-1-7(20)2-4-8/h1-6,23H,20H2,(H,21,22). The number of alkyl halides is 3. The predicted molar refractivity (Wildman–Crippen MR) is 83.7 cm³/mol. The van der Waals surface area contributed by atoms with Crippen LogP contribution in [0.15, 0.2) is 40.9 Å². The number of ether oxygens (including phenoxy) is 1. The van der Waals surface area contributed by atoms with Crippen LogP contribution in [0.25, 0.3) is 0 Å². The van der Waals surface area contributed by atoms with Crippen LogP contribution in [0, 0.1) is 0 Å². The Hall–Kier alpha value is -2.26. The van der Waals surface area contributed by atoms with Crippen LogP contribution in [-0.4, -0.2) is 17.2 Å². The summed E-state index contributed by atoms with van der Waals surface area (Å²) < 4.78 is 45.1. The van der Waals surface area contributed by atoms with Gasteiger partial charge in [-0.2, -0.15) is 13.2 Å². The van der Waals surface area contributed by atoms with Crippen LogP contribution in [0.4, 0.5) is 24.5 Å². The molecule has 1 aliphatic heterocycles.